The van der Waals surface area contributed by atoms with Gasteiger partial charge in [0.25, 0.3) is 0 Å². The lowest BCUT2D eigenvalue weighted by Gasteiger charge is -2.22. The molecule has 6 nitrogen and oxygen atoms in total. The Bertz CT molecular complexity index is 1160. The minimum Gasteiger partial charge on any atom is -0.374 e. The van der Waals surface area contributed by atoms with Gasteiger partial charge < -0.3 is 15.0 Å². The molecule has 0 atom stereocenters. The number of nitrogens with two attached hydrogens (primary N) is 1. The van der Waals surface area contributed by atoms with Gasteiger partial charge in [0.05, 0.1) is 16.7 Å². The maximum atomic E-state index is 6.39. The molecule has 150 valence electrons. The first kappa shape index (κ1) is 19.5. The molecule has 3 aromatic heterocycles. The smallest absolute Gasteiger partial charge is 0.136 e. The summed E-state index contributed by atoms with van der Waals surface area (Å²) < 4.78 is 7.89. The fourth-order valence-corrected chi connectivity index (χ4v) is 3.69. The molecule has 0 fully saturated rings. The first-order valence-electron chi connectivity index (χ1n) is 9.94. The van der Waals surface area contributed by atoms with Gasteiger partial charge in [0.15, 0.2) is 0 Å². The van der Waals surface area contributed by atoms with E-state index < -0.39 is 0 Å². The summed E-state index contributed by atoms with van der Waals surface area (Å²) in [6, 6.07) is 10.4. The lowest BCUT2D eigenvalue weighted by Crippen LogP contribution is -2.37. The molecular weight excluding hydrogens is 362 g/mol. The van der Waals surface area contributed by atoms with Gasteiger partial charge in [-0.05, 0) is 57.0 Å². The van der Waals surface area contributed by atoms with E-state index in [9.17, 15) is 0 Å². The van der Waals surface area contributed by atoms with Gasteiger partial charge in [-0.15, -0.1) is 0 Å². The number of pyridine rings is 2. The highest BCUT2D eigenvalue weighted by molar-refractivity contribution is 6.04. The van der Waals surface area contributed by atoms with E-state index in [-0.39, 0.29) is 5.54 Å². The third-order valence-corrected chi connectivity index (χ3v) is 4.94. The largest absolute Gasteiger partial charge is 0.374 e. The summed E-state index contributed by atoms with van der Waals surface area (Å²) in [5.74, 6) is 0.885. The number of ether oxygens (including phenoxy) is 1. The molecule has 0 aliphatic rings. The molecular formula is C23H27N5O. The molecule has 0 saturated carbocycles. The molecule has 29 heavy (non-hydrogen) atoms. The molecule has 4 aromatic rings. The Labute approximate surface area is 170 Å². The van der Waals surface area contributed by atoms with Crippen molar-refractivity contribution in [3.63, 3.8) is 0 Å². The van der Waals surface area contributed by atoms with Gasteiger partial charge in [-0.25, -0.2) is 4.98 Å². The lowest BCUT2D eigenvalue weighted by atomic mass is 10.0. The number of hydrogen-bond acceptors (Lipinski definition) is 5. The van der Waals surface area contributed by atoms with Crippen molar-refractivity contribution in [2.24, 2.45) is 5.73 Å². The van der Waals surface area contributed by atoms with Crippen LogP contribution in [0.4, 0.5) is 0 Å². The van der Waals surface area contributed by atoms with Crippen LogP contribution in [0.15, 0.2) is 42.7 Å². The van der Waals surface area contributed by atoms with E-state index >= 15 is 0 Å². The number of benzene rings is 1. The minimum atomic E-state index is -0.380. The fraction of sp³-hybridized carbons (Fsp3) is 0.348. The van der Waals surface area contributed by atoms with E-state index in [0.29, 0.717) is 19.8 Å². The maximum Gasteiger partial charge on any atom is 0.136 e. The van der Waals surface area contributed by atoms with Crippen LogP contribution >= 0.6 is 0 Å². The molecule has 2 N–H and O–H groups in total. The number of imidazole rings is 1. The van der Waals surface area contributed by atoms with Crippen molar-refractivity contribution >= 4 is 21.9 Å². The average Bonchev–Trinajstić information content (AvgIpc) is 3.04. The Morgan fingerprint density at radius 1 is 1.07 bits per heavy atom. The van der Waals surface area contributed by atoms with Crippen molar-refractivity contribution in [1.29, 1.82) is 0 Å². The number of nitrogens with zero attached hydrogens (tertiary/aromatic N) is 4. The highest BCUT2D eigenvalue weighted by Gasteiger charge is 2.21. The molecule has 4 rings (SSSR count). The van der Waals surface area contributed by atoms with Crippen LogP contribution in [0.1, 0.15) is 32.3 Å². The van der Waals surface area contributed by atoms with Crippen molar-refractivity contribution in [3.8, 4) is 11.1 Å². The standard InChI is InChI=1S/C23H27N5O/c1-5-29-13-20-27-21-15(2)26-19-12-17(16-8-10-25-11-9-16)6-7-18(19)22(21)28(20)14-23(3,4)24/h6-12H,5,13-14,24H2,1-4H3. The first-order chi connectivity index (χ1) is 13.9. The summed E-state index contributed by atoms with van der Waals surface area (Å²) in [5.41, 5.74) is 12.1. The van der Waals surface area contributed by atoms with Crippen molar-refractivity contribution in [1.82, 2.24) is 19.5 Å². The zero-order valence-electron chi connectivity index (χ0n) is 17.4. The quantitative estimate of drug-likeness (QED) is 0.534. The molecule has 0 radical (unpaired) electrons. The first-order valence-corrected chi connectivity index (χ1v) is 9.94. The van der Waals surface area contributed by atoms with Crippen LogP contribution in [0.5, 0.6) is 0 Å². The van der Waals surface area contributed by atoms with Crippen molar-refractivity contribution in [2.45, 2.75) is 46.4 Å². The summed E-state index contributed by atoms with van der Waals surface area (Å²) >= 11 is 0. The molecule has 1 aromatic carbocycles. The van der Waals surface area contributed by atoms with Crippen LogP contribution in [0.3, 0.4) is 0 Å². The molecule has 0 aliphatic heterocycles. The van der Waals surface area contributed by atoms with E-state index in [0.717, 1.165) is 44.6 Å². The van der Waals surface area contributed by atoms with Gasteiger partial charge in [-0.1, -0.05) is 12.1 Å². The topological polar surface area (TPSA) is 78.9 Å². The van der Waals surface area contributed by atoms with E-state index in [2.05, 4.69) is 27.8 Å². The van der Waals surface area contributed by atoms with E-state index in [4.69, 9.17) is 20.4 Å². The predicted molar refractivity (Wildman–Crippen MR) is 117 cm³/mol. The minimum absolute atomic E-state index is 0.380. The monoisotopic (exact) mass is 389 g/mol. The number of aryl methyl sites for hydroxylation is 1. The predicted octanol–water partition coefficient (Wildman–Crippen LogP) is 4.23. The van der Waals surface area contributed by atoms with E-state index in [1.807, 2.05) is 39.8 Å². The molecule has 0 unspecified atom stereocenters. The second-order valence-corrected chi connectivity index (χ2v) is 8.10. The summed E-state index contributed by atoms with van der Waals surface area (Å²) in [5, 5.41) is 1.07. The molecule has 6 heteroatoms. The Balaban J connectivity index is 1.96. The maximum absolute atomic E-state index is 6.39. The zero-order valence-corrected chi connectivity index (χ0v) is 17.4. The SMILES string of the molecule is CCOCc1nc2c(C)nc3cc(-c4ccncc4)ccc3c2n1CC(C)(C)N. The Kier molecular flexibility index (Phi) is 5.06. The van der Waals surface area contributed by atoms with E-state index in [1.54, 1.807) is 12.4 Å². The normalized spacial score (nSPS) is 12.2. The van der Waals surface area contributed by atoms with Crippen LogP contribution in [0.25, 0.3) is 33.1 Å². The summed E-state index contributed by atoms with van der Waals surface area (Å²) in [6.45, 7) is 9.80. The van der Waals surface area contributed by atoms with Gasteiger partial charge in [-0.3, -0.25) is 9.97 Å². The highest BCUT2D eigenvalue weighted by Crippen LogP contribution is 2.31. The third kappa shape index (κ3) is 3.86. The van der Waals surface area contributed by atoms with Crippen LogP contribution in [-0.4, -0.2) is 31.7 Å². The van der Waals surface area contributed by atoms with Crippen LogP contribution in [0.2, 0.25) is 0 Å². The van der Waals surface area contributed by atoms with Gasteiger partial charge in [0, 0.05) is 36.5 Å². The molecule has 0 spiro atoms. The zero-order chi connectivity index (χ0) is 20.6. The molecule has 0 amide bonds. The van der Waals surface area contributed by atoms with Crippen LogP contribution in [-0.2, 0) is 17.9 Å². The summed E-state index contributed by atoms with van der Waals surface area (Å²) in [7, 11) is 0. The summed E-state index contributed by atoms with van der Waals surface area (Å²) in [4.78, 5) is 13.8. The van der Waals surface area contributed by atoms with Gasteiger partial charge in [0.2, 0.25) is 0 Å². The Morgan fingerprint density at radius 3 is 2.52 bits per heavy atom. The van der Waals surface area contributed by atoms with Gasteiger partial charge in [0.1, 0.15) is 17.9 Å². The third-order valence-electron chi connectivity index (χ3n) is 4.94. The molecule has 3 heterocycles. The fourth-order valence-electron chi connectivity index (χ4n) is 3.69. The van der Waals surface area contributed by atoms with E-state index in [1.165, 1.54) is 0 Å². The van der Waals surface area contributed by atoms with Crippen molar-refractivity contribution in [3.05, 3.63) is 54.2 Å². The van der Waals surface area contributed by atoms with Crippen LogP contribution < -0.4 is 5.73 Å². The Morgan fingerprint density at radius 2 is 1.83 bits per heavy atom. The molecule has 0 bridgehead atoms. The molecule has 0 saturated heterocycles. The molecule has 0 aliphatic carbocycles. The van der Waals surface area contributed by atoms with Gasteiger partial charge >= 0.3 is 0 Å². The number of fused-ring (bicyclic) bond motifs is 3. The van der Waals surface area contributed by atoms with Crippen LogP contribution in [0, 0.1) is 6.92 Å². The average molecular weight is 390 g/mol. The van der Waals surface area contributed by atoms with Crippen molar-refractivity contribution in [2.75, 3.05) is 6.61 Å². The number of rotatable bonds is 6. The second kappa shape index (κ2) is 7.54. The van der Waals surface area contributed by atoms with Crippen molar-refractivity contribution < 1.29 is 4.74 Å². The highest BCUT2D eigenvalue weighted by atomic mass is 16.5. The lowest BCUT2D eigenvalue weighted by molar-refractivity contribution is 0.125. The number of hydrogen-bond donors (Lipinski definition) is 1. The number of aromatic nitrogens is 4. The summed E-state index contributed by atoms with van der Waals surface area (Å²) in [6.07, 6.45) is 3.61. The Hall–Kier alpha value is -2.83. The second-order valence-electron chi connectivity index (χ2n) is 8.10. The van der Waals surface area contributed by atoms with Gasteiger partial charge in [-0.2, -0.15) is 0 Å².